The van der Waals surface area contributed by atoms with E-state index in [1.807, 2.05) is 0 Å². The lowest BCUT2D eigenvalue weighted by molar-refractivity contribution is -0.303. The molecular formula is C9H8Cl2NO4S-. The second-order valence-corrected chi connectivity index (χ2v) is 6.05. The van der Waals surface area contributed by atoms with Crippen LogP contribution in [-0.2, 0) is 14.8 Å². The Morgan fingerprint density at radius 1 is 1.29 bits per heavy atom. The Balaban J connectivity index is 3.27. The summed E-state index contributed by atoms with van der Waals surface area (Å²) in [6.45, 7) is -0.796. The number of hydrogen-bond donors (Lipinski definition) is 0. The predicted octanol–water partition coefficient (Wildman–Crippen LogP) is 0.509. The molecule has 0 spiro atoms. The lowest BCUT2D eigenvalue weighted by Gasteiger charge is -2.23. The Morgan fingerprint density at radius 3 is 2.12 bits per heavy atom. The first-order valence-electron chi connectivity index (χ1n) is 4.34. The van der Waals surface area contributed by atoms with Crippen LogP contribution in [0.4, 0.5) is 5.69 Å². The Labute approximate surface area is 109 Å². The first kappa shape index (κ1) is 14.1. The average Bonchev–Trinajstić information content (AvgIpc) is 2.10. The van der Waals surface area contributed by atoms with Crippen molar-refractivity contribution in [2.24, 2.45) is 0 Å². The van der Waals surface area contributed by atoms with Gasteiger partial charge in [-0.1, -0.05) is 23.2 Å². The lowest BCUT2D eigenvalue weighted by atomic mass is 10.3. The van der Waals surface area contributed by atoms with E-state index < -0.39 is 22.5 Å². The lowest BCUT2D eigenvalue weighted by Crippen LogP contribution is -2.41. The number of carboxylic acids is 1. The number of sulfonamides is 1. The maximum atomic E-state index is 11.4. The fraction of sp³-hybridized carbons (Fsp3) is 0.222. The zero-order chi connectivity index (χ0) is 13.2. The summed E-state index contributed by atoms with van der Waals surface area (Å²) in [4.78, 5) is 10.5. The third-order valence-corrected chi connectivity index (χ3v) is 3.39. The molecule has 1 aromatic rings. The quantitative estimate of drug-likeness (QED) is 0.811. The molecule has 0 N–H and O–H groups in total. The van der Waals surface area contributed by atoms with Crippen LogP contribution in [0.2, 0.25) is 10.0 Å². The van der Waals surface area contributed by atoms with Crippen LogP contribution in [0.15, 0.2) is 18.2 Å². The van der Waals surface area contributed by atoms with Gasteiger partial charge in [-0.25, -0.2) is 8.42 Å². The summed E-state index contributed by atoms with van der Waals surface area (Å²) in [7, 11) is -3.75. The number of nitrogens with zero attached hydrogens (tertiary/aromatic N) is 1. The molecule has 0 fully saturated rings. The highest BCUT2D eigenvalue weighted by molar-refractivity contribution is 7.92. The normalized spacial score (nSPS) is 11.2. The first-order valence-corrected chi connectivity index (χ1v) is 6.94. The molecule has 17 heavy (non-hydrogen) atoms. The molecule has 0 atom stereocenters. The van der Waals surface area contributed by atoms with Crippen molar-refractivity contribution in [3.63, 3.8) is 0 Å². The largest absolute Gasteiger partial charge is 0.548 e. The Bertz CT molecular complexity index is 524. The molecule has 0 heterocycles. The zero-order valence-corrected chi connectivity index (χ0v) is 11.0. The van der Waals surface area contributed by atoms with E-state index in [1.165, 1.54) is 18.2 Å². The van der Waals surface area contributed by atoms with Gasteiger partial charge in [-0.05, 0) is 18.2 Å². The van der Waals surface area contributed by atoms with Crippen LogP contribution in [0, 0.1) is 0 Å². The van der Waals surface area contributed by atoms with Crippen LogP contribution in [0.5, 0.6) is 0 Å². The van der Waals surface area contributed by atoms with Gasteiger partial charge in [0.2, 0.25) is 10.0 Å². The average molecular weight is 297 g/mol. The summed E-state index contributed by atoms with van der Waals surface area (Å²) in [5.74, 6) is -1.52. The number of hydrogen-bond acceptors (Lipinski definition) is 4. The molecule has 8 heteroatoms. The van der Waals surface area contributed by atoms with Gasteiger partial charge in [-0.3, -0.25) is 4.31 Å². The van der Waals surface area contributed by atoms with E-state index in [4.69, 9.17) is 23.2 Å². The van der Waals surface area contributed by atoms with Crippen LogP contribution in [0.25, 0.3) is 0 Å². The van der Waals surface area contributed by atoms with Gasteiger partial charge in [0, 0.05) is 10.0 Å². The summed E-state index contributed by atoms with van der Waals surface area (Å²) >= 11 is 11.4. The van der Waals surface area contributed by atoms with Crippen molar-refractivity contribution >= 4 is 44.9 Å². The van der Waals surface area contributed by atoms with Gasteiger partial charge in [0.05, 0.1) is 24.5 Å². The van der Waals surface area contributed by atoms with E-state index in [1.54, 1.807) is 0 Å². The number of rotatable bonds is 4. The molecule has 0 aliphatic carbocycles. The minimum atomic E-state index is -3.75. The number of carbonyl (C=O) groups excluding carboxylic acids is 1. The van der Waals surface area contributed by atoms with Crippen LogP contribution < -0.4 is 9.41 Å². The molecule has 1 rings (SSSR count). The van der Waals surface area contributed by atoms with Crippen molar-refractivity contribution in [1.82, 2.24) is 0 Å². The van der Waals surface area contributed by atoms with Gasteiger partial charge in [0.25, 0.3) is 0 Å². The Hall–Kier alpha value is -0.980. The highest BCUT2D eigenvalue weighted by Crippen LogP contribution is 2.26. The van der Waals surface area contributed by atoms with Crippen molar-refractivity contribution in [3.05, 3.63) is 28.2 Å². The van der Waals surface area contributed by atoms with E-state index in [0.29, 0.717) is 4.31 Å². The highest BCUT2D eigenvalue weighted by atomic mass is 35.5. The predicted molar refractivity (Wildman–Crippen MR) is 63.7 cm³/mol. The molecule has 5 nitrogen and oxygen atoms in total. The summed E-state index contributed by atoms with van der Waals surface area (Å²) in [6.07, 6.45) is 0.880. The molecule has 0 aliphatic heterocycles. The number of carbonyl (C=O) groups is 1. The van der Waals surface area contributed by atoms with Crippen molar-refractivity contribution in [1.29, 1.82) is 0 Å². The molecule has 94 valence electrons. The monoisotopic (exact) mass is 296 g/mol. The Morgan fingerprint density at radius 2 is 1.76 bits per heavy atom. The van der Waals surface area contributed by atoms with Crippen molar-refractivity contribution in [2.75, 3.05) is 17.1 Å². The van der Waals surface area contributed by atoms with Crippen LogP contribution >= 0.6 is 23.2 Å². The van der Waals surface area contributed by atoms with E-state index in [2.05, 4.69) is 0 Å². The minimum absolute atomic E-state index is 0.0780. The minimum Gasteiger partial charge on any atom is -0.548 e. The van der Waals surface area contributed by atoms with E-state index in [9.17, 15) is 18.3 Å². The van der Waals surface area contributed by atoms with Crippen molar-refractivity contribution < 1.29 is 18.3 Å². The van der Waals surface area contributed by atoms with E-state index in [0.717, 1.165) is 6.26 Å². The fourth-order valence-electron chi connectivity index (χ4n) is 1.20. The van der Waals surface area contributed by atoms with Crippen molar-refractivity contribution in [2.45, 2.75) is 0 Å². The standard InChI is InChI=1S/C9H9Cl2NO4S/c1-17(15,16)12(5-9(13)14)8-3-6(10)2-7(11)4-8/h2-4H,5H2,1H3,(H,13,14)/p-1. The van der Waals surface area contributed by atoms with Crippen LogP contribution in [-0.4, -0.2) is 27.2 Å². The van der Waals surface area contributed by atoms with Crippen LogP contribution in [0.1, 0.15) is 0 Å². The summed E-state index contributed by atoms with van der Waals surface area (Å²) in [5, 5.41) is 10.9. The number of carboxylic acid groups (broad SMARTS) is 1. The molecule has 0 radical (unpaired) electrons. The summed E-state index contributed by atoms with van der Waals surface area (Å²) < 4.78 is 23.5. The van der Waals surface area contributed by atoms with Gasteiger partial charge >= 0.3 is 0 Å². The van der Waals surface area contributed by atoms with E-state index >= 15 is 0 Å². The molecule has 0 amide bonds. The van der Waals surface area contributed by atoms with Gasteiger partial charge in [-0.2, -0.15) is 0 Å². The summed E-state index contributed by atoms with van der Waals surface area (Å²) in [5.41, 5.74) is 0.0780. The number of halogens is 2. The molecule has 0 aliphatic rings. The molecule has 0 unspecified atom stereocenters. The fourth-order valence-corrected chi connectivity index (χ4v) is 2.54. The number of anilines is 1. The third kappa shape index (κ3) is 4.07. The van der Waals surface area contributed by atoms with Gasteiger partial charge in [0.15, 0.2) is 0 Å². The van der Waals surface area contributed by atoms with Crippen molar-refractivity contribution in [3.8, 4) is 0 Å². The number of aliphatic carboxylic acids is 1. The maximum Gasteiger partial charge on any atom is 0.232 e. The number of benzene rings is 1. The third-order valence-electron chi connectivity index (χ3n) is 1.81. The Kier molecular flexibility index (Phi) is 4.24. The summed E-state index contributed by atoms with van der Waals surface area (Å²) in [6, 6.07) is 4.01. The topological polar surface area (TPSA) is 77.5 Å². The molecular weight excluding hydrogens is 289 g/mol. The zero-order valence-electron chi connectivity index (χ0n) is 8.68. The van der Waals surface area contributed by atoms with Gasteiger partial charge in [0.1, 0.15) is 0 Å². The molecule has 0 bridgehead atoms. The van der Waals surface area contributed by atoms with E-state index in [-0.39, 0.29) is 15.7 Å². The van der Waals surface area contributed by atoms with Crippen LogP contribution in [0.3, 0.4) is 0 Å². The van der Waals surface area contributed by atoms with Gasteiger partial charge < -0.3 is 9.90 Å². The molecule has 1 aromatic carbocycles. The molecule has 0 saturated heterocycles. The second-order valence-electron chi connectivity index (χ2n) is 3.27. The first-order chi connectivity index (χ1) is 7.70. The van der Waals surface area contributed by atoms with Gasteiger partial charge in [-0.15, -0.1) is 0 Å². The smallest absolute Gasteiger partial charge is 0.232 e. The second kappa shape index (κ2) is 5.12. The SMILES string of the molecule is CS(=O)(=O)N(CC(=O)[O-])c1cc(Cl)cc(Cl)c1. The maximum absolute atomic E-state index is 11.4. The molecule has 0 saturated carbocycles. The molecule has 0 aromatic heterocycles. The highest BCUT2D eigenvalue weighted by Gasteiger charge is 2.18.